The van der Waals surface area contributed by atoms with Gasteiger partial charge in [-0.05, 0) is 12.8 Å². The standard InChI is InChI=1S/C8H12N6O2/c9-12-7-6(14(15)16)8(11-5-10-7)13-3-1-2-4-13/h5H,1-4,9H2,(H,10,11,12). The Morgan fingerprint density at radius 1 is 1.44 bits per heavy atom. The lowest BCUT2D eigenvalue weighted by atomic mass is 10.4. The van der Waals surface area contributed by atoms with Crippen LogP contribution in [0.2, 0.25) is 0 Å². The molecule has 1 fully saturated rings. The molecule has 8 heteroatoms. The highest BCUT2D eigenvalue weighted by atomic mass is 16.6. The molecule has 1 aliphatic heterocycles. The van der Waals surface area contributed by atoms with Gasteiger partial charge in [-0.1, -0.05) is 0 Å². The van der Waals surface area contributed by atoms with Gasteiger partial charge >= 0.3 is 5.69 Å². The lowest BCUT2D eigenvalue weighted by Gasteiger charge is -2.16. The van der Waals surface area contributed by atoms with Gasteiger partial charge in [-0.3, -0.25) is 10.1 Å². The Labute approximate surface area is 91.6 Å². The number of hydrogen-bond acceptors (Lipinski definition) is 7. The summed E-state index contributed by atoms with van der Waals surface area (Å²) in [5.74, 6) is 5.57. The summed E-state index contributed by atoms with van der Waals surface area (Å²) >= 11 is 0. The zero-order valence-corrected chi connectivity index (χ0v) is 8.59. The predicted octanol–water partition coefficient (Wildman–Crippen LogP) is 0.271. The molecule has 2 rings (SSSR count). The minimum atomic E-state index is -0.511. The fraction of sp³-hybridized carbons (Fsp3) is 0.500. The van der Waals surface area contributed by atoms with E-state index in [4.69, 9.17) is 5.84 Å². The molecule has 0 aliphatic carbocycles. The number of nitro groups is 1. The van der Waals surface area contributed by atoms with E-state index in [9.17, 15) is 10.1 Å². The molecule has 0 amide bonds. The van der Waals surface area contributed by atoms with Crippen molar-refractivity contribution in [1.29, 1.82) is 0 Å². The van der Waals surface area contributed by atoms with Gasteiger partial charge in [0.1, 0.15) is 6.33 Å². The van der Waals surface area contributed by atoms with Crippen LogP contribution in [0.5, 0.6) is 0 Å². The molecule has 0 saturated carbocycles. The van der Waals surface area contributed by atoms with E-state index < -0.39 is 4.92 Å². The summed E-state index contributed by atoms with van der Waals surface area (Å²) in [5.41, 5.74) is 2.06. The molecular formula is C8H12N6O2. The maximum Gasteiger partial charge on any atom is 0.354 e. The number of nitrogens with two attached hydrogens (primary N) is 1. The van der Waals surface area contributed by atoms with Crippen LogP contribution < -0.4 is 16.2 Å². The highest BCUT2D eigenvalue weighted by Gasteiger charge is 2.27. The van der Waals surface area contributed by atoms with Gasteiger partial charge in [0, 0.05) is 13.1 Å². The monoisotopic (exact) mass is 224 g/mol. The lowest BCUT2D eigenvalue weighted by molar-refractivity contribution is -0.383. The molecule has 0 unspecified atom stereocenters. The van der Waals surface area contributed by atoms with Crippen LogP contribution in [0.1, 0.15) is 12.8 Å². The van der Waals surface area contributed by atoms with Crippen molar-refractivity contribution in [1.82, 2.24) is 9.97 Å². The first-order valence-electron chi connectivity index (χ1n) is 4.95. The second-order valence-electron chi connectivity index (χ2n) is 3.49. The second-order valence-corrected chi connectivity index (χ2v) is 3.49. The van der Waals surface area contributed by atoms with Gasteiger partial charge in [-0.2, -0.15) is 0 Å². The molecule has 0 bridgehead atoms. The van der Waals surface area contributed by atoms with E-state index in [-0.39, 0.29) is 11.5 Å². The molecule has 2 heterocycles. The Hall–Kier alpha value is -1.96. The average Bonchev–Trinajstić information content (AvgIpc) is 2.81. The van der Waals surface area contributed by atoms with Crippen molar-refractivity contribution in [3.05, 3.63) is 16.4 Å². The Balaban J connectivity index is 2.46. The summed E-state index contributed by atoms with van der Waals surface area (Å²) in [6.07, 6.45) is 3.31. The van der Waals surface area contributed by atoms with Crippen molar-refractivity contribution in [3.8, 4) is 0 Å². The highest BCUT2D eigenvalue weighted by molar-refractivity contribution is 5.70. The van der Waals surface area contributed by atoms with Crippen molar-refractivity contribution in [2.75, 3.05) is 23.4 Å². The number of rotatable bonds is 3. The summed E-state index contributed by atoms with van der Waals surface area (Å²) in [6.45, 7) is 1.56. The Bertz CT molecular complexity index is 404. The summed E-state index contributed by atoms with van der Waals surface area (Å²) in [4.78, 5) is 20.0. The number of hydrogen-bond donors (Lipinski definition) is 2. The van der Waals surface area contributed by atoms with E-state index in [1.807, 2.05) is 4.90 Å². The molecule has 0 radical (unpaired) electrons. The van der Waals surface area contributed by atoms with Crippen molar-refractivity contribution in [3.63, 3.8) is 0 Å². The van der Waals surface area contributed by atoms with E-state index in [0.717, 1.165) is 25.9 Å². The van der Waals surface area contributed by atoms with E-state index in [0.29, 0.717) is 5.82 Å². The third-order valence-electron chi connectivity index (χ3n) is 2.53. The van der Waals surface area contributed by atoms with E-state index in [1.54, 1.807) is 0 Å². The van der Waals surface area contributed by atoms with Gasteiger partial charge in [-0.15, -0.1) is 0 Å². The fourth-order valence-corrected chi connectivity index (χ4v) is 1.80. The third kappa shape index (κ3) is 1.74. The molecule has 0 spiro atoms. The summed E-state index contributed by atoms with van der Waals surface area (Å²) in [7, 11) is 0. The minimum Gasteiger partial charge on any atom is -0.351 e. The van der Waals surface area contributed by atoms with Gasteiger partial charge in [0.2, 0.25) is 11.6 Å². The smallest absolute Gasteiger partial charge is 0.351 e. The van der Waals surface area contributed by atoms with E-state index in [1.165, 1.54) is 6.33 Å². The zero-order chi connectivity index (χ0) is 11.5. The van der Waals surface area contributed by atoms with Crippen LogP contribution in [0.4, 0.5) is 17.3 Å². The topological polar surface area (TPSA) is 110 Å². The molecular weight excluding hydrogens is 212 g/mol. The number of nitrogens with zero attached hydrogens (tertiary/aromatic N) is 4. The molecule has 1 aromatic heterocycles. The van der Waals surface area contributed by atoms with Crippen LogP contribution >= 0.6 is 0 Å². The van der Waals surface area contributed by atoms with Crippen LogP contribution in [-0.2, 0) is 0 Å². The zero-order valence-electron chi connectivity index (χ0n) is 8.59. The van der Waals surface area contributed by atoms with Crippen molar-refractivity contribution < 1.29 is 4.92 Å². The molecule has 86 valence electrons. The van der Waals surface area contributed by atoms with E-state index >= 15 is 0 Å². The first-order chi connectivity index (χ1) is 7.74. The largest absolute Gasteiger partial charge is 0.354 e. The molecule has 16 heavy (non-hydrogen) atoms. The van der Waals surface area contributed by atoms with Gasteiger partial charge in [0.25, 0.3) is 0 Å². The number of aromatic nitrogens is 2. The first kappa shape index (κ1) is 10.6. The van der Waals surface area contributed by atoms with Crippen molar-refractivity contribution >= 4 is 17.3 Å². The third-order valence-corrected chi connectivity index (χ3v) is 2.53. The molecule has 0 aromatic carbocycles. The van der Waals surface area contributed by atoms with Gasteiger partial charge in [0.15, 0.2) is 0 Å². The minimum absolute atomic E-state index is 0.0434. The second kappa shape index (κ2) is 4.27. The Kier molecular flexibility index (Phi) is 2.82. The quantitative estimate of drug-likeness (QED) is 0.430. The molecule has 8 nitrogen and oxygen atoms in total. The van der Waals surface area contributed by atoms with Crippen LogP contribution in [-0.4, -0.2) is 28.0 Å². The SMILES string of the molecule is NNc1ncnc(N2CCCC2)c1[N+](=O)[O-]. The van der Waals surface area contributed by atoms with Gasteiger partial charge in [0.05, 0.1) is 4.92 Å². The maximum atomic E-state index is 11.0. The predicted molar refractivity (Wildman–Crippen MR) is 57.9 cm³/mol. The molecule has 1 aromatic rings. The molecule has 1 aliphatic rings. The average molecular weight is 224 g/mol. The molecule has 0 atom stereocenters. The van der Waals surface area contributed by atoms with Crippen LogP contribution in [0.3, 0.4) is 0 Å². The fourth-order valence-electron chi connectivity index (χ4n) is 1.80. The number of nitrogens with one attached hydrogen (secondary N) is 1. The lowest BCUT2D eigenvalue weighted by Crippen LogP contribution is -2.22. The van der Waals surface area contributed by atoms with Crippen LogP contribution in [0.15, 0.2) is 6.33 Å². The number of hydrazine groups is 1. The van der Waals surface area contributed by atoms with Crippen molar-refractivity contribution in [2.45, 2.75) is 12.8 Å². The Morgan fingerprint density at radius 3 is 2.69 bits per heavy atom. The maximum absolute atomic E-state index is 11.0. The normalized spacial score (nSPS) is 15.2. The van der Waals surface area contributed by atoms with Crippen LogP contribution in [0.25, 0.3) is 0 Å². The molecule has 1 saturated heterocycles. The van der Waals surface area contributed by atoms with Crippen molar-refractivity contribution in [2.24, 2.45) is 5.84 Å². The van der Waals surface area contributed by atoms with Gasteiger partial charge < -0.3 is 10.3 Å². The number of anilines is 2. The summed E-state index contributed by atoms with van der Waals surface area (Å²) < 4.78 is 0. The van der Waals surface area contributed by atoms with Crippen LogP contribution in [0, 0.1) is 10.1 Å². The first-order valence-corrected chi connectivity index (χ1v) is 4.95. The Morgan fingerprint density at radius 2 is 2.12 bits per heavy atom. The molecule has 3 N–H and O–H groups in total. The highest BCUT2D eigenvalue weighted by Crippen LogP contribution is 2.32. The van der Waals surface area contributed by atoms with Gasteiger partial charge in [-0.25, -0.2) is 15.8 Å². The summed E-state index contributed by atoms with van der Waals surface area (Å²) in [5, 5.41) is 11.0. The summed E-state index contributed by atoms with van der Waals surface area (Å²) in [6, 6.07) is 0. The number of nitrogen functional groups attached to an aromatic ring is 1. The van der Waals surface area contributed by atoms with E-state index in [2.05, 4.69) is 15.4 Å².